The van der Waals surface area contributed by atoms with Crippen LogP contribution in [0.25, 0.3) is 0 Å². The number of hydrogen-bond acceptors (Lipinski definition) is 4. The molecule has 0 spiro atoms. The topological polar surface area (TPSA) is 39.1 Å². The van der Waals surface area contributed by atoms with Crippen molar-refractivity contribution in [2.75, 3.05) is 26.0 Å². The molecule has 0 bridgehead atoms. The van der Waals surface area contributed by atoms with E-state index in [1.807, 2.05) is 6.92 Å². The van der Waals surface area contributed by atoms with E-state index < -0.39 is 5.51 Å². The minimum atomic E-state index is -4.18. The molecule has 0 radical (unpaired) electrons. The van der Waals surface area contributed by atoms with Gasteiger partial charge in [0.25, 0.3) is 0 Å². The lowest BCUT2D eigenvalue weighted by atomic mass is 10.2. The van der Waals surface area contributed by atoms with Crippen LogP contribution in [0.4, 0.5) is 13.2 Å². The van der Waals surface area contributed by atoms with Crippen molar-refractivity contribution < 1.29 is 17.9 Å². The number of alkyl halides is 3. The molecule has 1 N–H and O–H groups in total. The third-order valence-corrected chi connectivity index (χ3v) is 3.29. The van der Waals surface area contributed by atoms with Crippen LogP contribution in [-0.2, 0) is 17.8 Å². The first-order valence-corrected chi connectivity index (χ1v) is 6.84. The van der Waals surface area contributed by atoms with Crippen LogP contribution in [0.2, 0.25) is 0 Å². The molecule has 0 fully saturated rings. The van der Waals surface area contributed by atoms with Gasteiger partial charge in [-0.25, -0.2) is 0 Å². The highest BCUT2D eigenvalue weighted by atomic mass is 32.2. The summed E-state index contributed by atoms with van der Waals surface area (Å²) >= 11 is -0.0222. The maximum Gasteiger partial charge on any atom is 0.441 e. The summed E-state index contributed by atoms with van der Waals surface area (Å²) in [4.78, 5) is 0. The van der Waals surface area contributed by atoms with E-state index in [2.05, 4.69) is 10.4 Å². The number of halogens is 3. The highest BCUT2D eigenvalue weighted by molar-refractivity contribution is 8.00. The fourth-order valence-corrected chi connectivity index (χ4v) is 2.02. The van der Waals surface area contributed by atoms with Crippen molar-refractivity contribution in [3.05, 3.63) is 17.5 Å². The Morgan fingerprint density at radius 3 is 2.84 bits per heavy atom. The predicted octanol–water partition coefficient (Wildman–Crippen LogP) is 2.18. The number of methoxy groups -OCH3 is 1. The molecular formula is C11H18F3N3OS. The van der Waals surface area contributed by atoms with E-state index >= 15 is 0 Å². The number of aromatic nitrogens is 2. The second-order valence-corrected chi connectivity index (χ2v) is 5.10. The summed E-state index contributed by atoms with van der Waals surface area (Å²) in [6.07, 6.45) is 1.69. The van der Waals surface area contributed by atoms with Gasteiger partial charge in [0.15, 0.2) is 0 Å². The zero-order valence-corrected chi connectivity index (χ0v) is 11.8. The van der Waals surface area contributed by atoms with E-state index in [4.69, 9.17) is 4.74 Å². The van der Waals surface area contributed by atoms with Gasteiger partial charge in [0.2, 0.25) is 0 Å². The van der Waals surface area contributed by atoms with Gasteiger partial charge in [-0.2, -0.15) is 18.3 Å². The molecule has 4 nitrogen and oxygen atoms in total. The molecule has 0 aliphatic carbocycles. The molecule has 1 aromatic heterocycles. The van der Waals surface area contributed by atoms with Crippen LogP contribution >= 0.6 is 11.8 Å². The minimum Gasteiger partial charge on any atom is -0.383 e. The number of ether oxygens (including phenoxy) is 1. The molecule has 0 saturated carbocycles. The predicted molar refractivity (Wildman–Crippen MR) is 69.1 cm³/mol. The minimum absolute atomic E-state index is 0.0222. The van der Waals surface area contributed by atoms with Crippen molar-refractivity contribution in [3.63, 3.8) is 0 Å². The Bertz CT molecular complexity index is 382. The Balaban J connectivity index is 2.38. The molecule has 0 unspecified atom stereocenters. The van der Waals surface area contributed by atoms with Crippen molar-refractivity contribution in [1.82, 2.24) is 15.1 Å². The smallest absolute Gasteiger partial charge is 0.383 e. The van der Waals surface area contributed by atoms with Crippen molar-refractivity contribution >= 4 is 11.8 Å². The zero-order chi connectivity index (χ0) is 14.3. The molecule has 1 heterocycles. The quantitative estimate of drug-likeness (QED) is 0.747. The number of nitrogens with one attached hydrogen (secondary N) is 1. The van der Waals surface area contributed by atoms with E-state index in [-0.39, 0.29) is 24.1 Å². The van der Waals surface area contributed by atoms with Gasteiger partial charge in [-0.05, 0) is 18.7 Å². The van der Waals surface area contributed by atoms with Crippen molar-refractivity contribution in [3.8, 4) is 0 Å². The Labute approximate surface area is 114 Å². The van der Waals surface area contributed by atoms with E-state index in [1.165, 1.54) is 0 Å². The highest BCUT2D eigenvalue weighted by Crippen LogP contribution is 2.30. The molecule has 8 heteroatoms. The largest absolute Gasteiger partial charge is 0.441 e. The first-order chi connectivity index (χ1) is 8.94. The van der Waals surface area contributed by atoms with Gasteiger partial charge in [-0.15, -0.1) is 0 Å². The second kappa shape index (κ2) is 7.76. The Morgan fingerprint density at radius 2 is 2.21 bits per heavy atom. The maximum atomic E-state index is 12.0. The van der Waals surface area contributed by atoms with Crippen LogP contribution < -0.4 is 5.32 Å². The van der Waals surface area contributed by atoms with Crippen LogP contribution in [0.3, 0.4) is 0 Å². The molecular weight excluding hydrogens is 279 g/mol. The van der Waals surface area contributed by atoms with Gasteiger partial charge in [-0.3, -0.25) is 4.68 Å². The number of aryl methyl sites for hydroxylation is 1. The van der Waals surface area contributed by atoms with E-state index in [1.54, 1.807) is 18.0 Å². The molecule has 0 aliphatic rings. The molecule has 110 valence electrons. The molecule has 1 aromatic rings. The summed E-state index contributed by atoms with van der Waals surface area (Å²) in [7, 11) is 1.63. The SMILES string of the molecule is COCCNCc1cnn(CCSC(F)(F)F)c1C. The Hall–Kier alpha value is -0.730. The lowest BCUT2D eigenvalue weighted by molar-refractivity contribution is -0.0328. The van der Waals surface area contributed by atoms with E-state index in [0.29, 0.717) is 13.2 Å². The molecule has 0 saturated heterocycles. The number of rotatable bonds is 8. The van der Waals surface area contributed by atoms with Crippen molar-refractivity contribution in [2.24, 2.45) is 0 Å². The summed E-state index contributed by atoms with van der Waals surface area (Å²) in [6, 6.07) is 0. The fourth-order valence-electron chi connectivity index (χ4n) is 1.53. The normalized spacial score (nSPS) is 12.1. The van der Waals surface area contributed by atoms with Gasteiger partial charge in [0.1, 0.15) is 0 Å². The summed E-state index contributed by atoms with van der Waals surface area (Å²) < 4.78 is 42.6. The highest BCUT2D eigenvalue weighted by Gasteiger charge is 2.27. The Morgan fingerprint density at radius 1 is 1.47 bits per heavy atom. The monoisotopic (exact) mass is 297 g/mol. The fraction of sp³-hybridized carbons (Fsp3) is 0.727. The Kier molecular flexibility index (Phi) is 6.67. The maximum absolute atomic E-state index is 12.0. The van der Waals surface area contributed by atoms with E-state index in [9.17, 15) is 13.2 Å². The van der Waals surface area contributed by atoms with Crippen LogP contribution in [0.15, 0.2) is 6.20 Å². The third-order valence-electron chi connectivity index (χ3n) is 2.57. The van der Waals surface area contributed by atoms with Gasteiger partial charge in [-0.1, -0.05) is 0 Å². The van der Waals surface area contributed by atoms with Gasteiger partial charge in [0, 0.05) is 37.2 Å². The number of nitrogens with zero attached hydrogens (tertiary/aromatic N) is 2. The number of thioether (sulfide) groups is 1. The van der Waals surface area contributed by atoms with Crippen molar-refractivity contribution in [2.45, 2.75) is 25.5 Å². The van der Waals surface area contributed by atoms with Crippen molar-refractivity contribution in [1.29, 1.82) is 0 Å². The molecule has 19 heavy (non-hydrogen) atoms. The van der Waals surface area contributed by atoms with E-state index in [0.717, 1.165) is 17.8 Å². The standard InChI is InChI=1S/C11H18F3N3OS/c1-9-10(7-15-3-5-18-2)8-16-17(9)4-6-19-11(12,13)14/h8,15H,3-7H2,1-2H3. The summed E-state index contributed by atoms with van der Waals surface area (Å²) in [5.41, 5.74) is -2.29. The van der Waals surface area contributed by atoms with Gasteiger partial charge < -0.3 is 10.1 Å². The third kappa shape index (κ3) is 6.31. The average Bonchev–Trinajstić information content (AvgIpc) is 2.65. The molecule has 0 aromatic carbocycles. The second-order valence-electron chi connectivity index (χ2n) is 3.94. The van der Waals surface area contributed by atoms with Crippen LogP contribution in [0.5, 0.6) is 0 Å². The van der Waals surface area contributed by atoms with Gasteiger partial charge in [0.05, 0.1) is 19.3 Å². The lowest BCUT2D eigenvalue weighted by Gasteiger charge is -2.08. The summed E-state index contributed by atoms with van der Waals surface area (Å²) in [6.45, 7) is 4.11. The molecule has 1 rings (SSSR count). The first kappa shape index (κ1) is 16.3. The van der Waals surface area contributed by atoms with Crippen LogP contribution in [-0.4, -0.2) is 41.3 Å². The molecule has 0 amide bonds. The number of hydrogen-bond donors (Lipinski definition) is 1. The molecule has 0 atom stereocenters. The van der Waals surface area contributed by atoms with Gasteiger partial charge >= 0.3 is 5.51 Å². The first-order valence-electron chi connectivity index (χ1n) is 5.85. The average molecular weight is 297 g/mol. The van der Waals surface area contributed by atoms with Crippen LogP contribution in [0.1, 0.15) is 11.3 Å². The summed E-state index contributed by atoms with van der Waals surface area (Å²) in [5.74, 6) is -0.0252. The molecule has 0 aliphatic heterocycles. The summed E-state index contributed by atoms with van der Waals surface area (Å²) in [5, 5.41) is 7.27. The zero-order valence-electron chi connectivity index (χ0n) is 11.0. The lowest BCUT2D eigenvalue weighted by Crippen LogP contribution is -2.19. The van der Waals surface area contributed by atoms with Crippen LogP contribution in [0, 0.1) is 6.92 Å².